The Morgan fingerprint density at radius 2 is 2.00 bits per heavy atom. The number of nitrogens with zero attached hydrogens (tertiary/aromatic N) is 1. The molecule has 2 rings (SSSR count). The number of esters is 1. The van der Waals surface area contributed by atoms with Gasteiger partial charge in [0.1, 0.15) is 6.04 Å². The third kappa shape index (κ3) is 2.92. The number of hydrazine groups is 1. The molecule has 0 aromatic carbocycles. The van der Waals surface area contributed by atoms with E-state index in [1.54, 1.807) is 0 Å². The van der Waals surface area contributed by atoms with Gasteiger partial charge in [0.05, 0.1) is 7.11 Å². The number of hydrogen-bond acceptors (Lipinski definition) is 4. The van der Waals surface area contributed by atoms with Crippen LogP contribution in [0.15, 0.2) is 0 Å². The molecule has 0 amide bonds. The summed E-state index contributed by atoms with van der Waals surface area (Å²) in [5.74, 6) is 0.391. The first-order valence-electron chi connectivity index (χ1n) is 5.90. The molecule has 1 aliphatic heterocycles. The van der Waals surface area contributed by atoms with Gasteiger partial charge in [-0.2, -0.15) is 0 Å². The van der Waals surface area contributed by atoms with Crippen LogP contribution in [0.1, 0.15) is 32.1 Å². The second-order valence-electron chi connectivity index (χ2n) is 4.52. The number of carbonyl (C=O) groups excluding carboxylic acids is 1. The molecule has 1 N–H and O–H groups in total. The molecule has 1 saturated heterocycles. The Labute approximate surface area is 90.9 Å². The second kappa shape index (κ2) is 4.94. The highest BCUT2D eigenvalue weighted by molar-refractivity contribution is 5.76. The molecule has 15 heavy (non-hydrogen) atoms. The molecule has 0 radical (unpaired) electrons. The molecule has 1 heterocycles. The number of ether oxygens (including phenoxy) is 1. The maximum atomic E-state index is 11.6. The van der Waals surface area contributed by atoms with Gasteiger partial charge in [-0.1, -0.05) is 6.42 Å². The molecule has 4 heteroatoms. The van der Waals surface area contributed by atoms with Crippen molar-refractivity contribution in [1.29, 1.82) is 0 Å². The molecule has 1 saturated carbocycles. The molecule has 0 aromatic heterocycles. The van der Waals surface area contributed by atoms with Crippen LogP contribution in [-0.4, -0.2) is 37.2 Å². The molecule has 1 unspecified atom stereocenters. The minimum Gasteiger partial charge on any atom is -0.468 e. The minimum atomic E-state index is -0.108. The summed E-state index contributed by atoms with van der Waals surface area (Å²) in [5, 5.41) is 2.18. The summed E-state index contributed by atoms with van der Waals surface area (Å²) in [6.45, 7) is 2.11. The van der Waals surface area contributed by atoms with E-state index in [-0.39, 0.29) is 12.0 Å². The van der Waals surface area contributed by atoms with Crippen molar-refractivity contribution in [3.63, 3.8) is 0 Å². The Bertz CT molecular complexity index is 223. The van der Waals surface area contributed by atoms with Crippen molar-refractivity contribution in [2.75, 3.05) is 20.2 Å². The van der Waals surface area contributed by atoms with Crippen molar-refractivity contribution >= 4 is 5.97 Å². The van der Waals surface area contributed by atoms with E-state index in [9.17, 15) is 4.79 Å². The minimum absolute atomic E-state index is 0.104. The van der Waals surface area contributed by atoms with E-state index >= 15 is 0 Å². The number of hydrogen-bond donors (Lipinski definition) is 1. The molecule has 86 valence electrons. The van der Waals surface area contributed by atoms with E-state index in [4.69, 9.17) is 4.74 Å². The molecule has 0 aromatic rings. The number of nitrogens with one attached hydrogen (secondary N) is 1. The summed E-state index contributed by atoms with van der Waals surface area (Å²) < 4.78 is 4.83. The fraction of sp³-hybridized carbons (Fsp3) is 0.909. The van der Waals surface area contributed by atoms with Crippen LogP contribution in [0.2, 0.25) is 0 Å². The SMILES string of the molecule is COC(=O)C(NN1CCCCC1)C1CC1. The summed E-state index contributed by atoms with van der Waals surface area (Å²) in [4.78, 5) is 11.6. The number of piperidine rings is 1. The third-order valence-electron chi connectivity index (χ3n) is 3.23. The number of carbonyl (C=O) groups is 1. The highest BCUT2D eigenvalue weighted by Crippen LogP contribution is 2.33. The van der Waals surface area contributed by atoms with Gasteiger partial charge in [-0.25, -0.2) is 10.4 Å². The average molecular weight is 212 g/mol. The fourth-order valence-electron chi connectivity index (χ4n) is 2.13. The summed E-state index contributed by atoms with van der Waals surface area (Å²) >= 11 is 0. The van der Waals surface area contributed by atoms with Crippen LogP contribution >= 0.6 is 0 Å². The molecule has 0 bridgehead atoms. The van der Waals surface area contributed by atoms with E-state index in [1.807, 2.05) is 0 Å². The van der Waals surface area contributed by atoms with Crippen molar-refractivity contribution in [3.05, 3.63) is 0 Å². The highest BCUT2D eigenvalue weighted by Gasteiger charge is 2.38. The van der Waals surface area contributed by atoms with Crippen LogP contribution in [0.5, 0.6) is 0 Å². The zero-order valence-corrected chi connectivity index (χ0v) is 9.37. The highest BCUT2D eigenvalue weighted by atomic mass is 16.5. The predicted molar refractivity (Wildman–Crippen MR) is 57.1 cm³/mol. The smallest absolute Gasteiger partial charge is 0.324 e. The predicted octanol–water partition coefficient (Wildman–Crippen LogP) is 0.928. The standard InChI is InChI=1S/C11H20N2O2/c1-15-11(14)10(9-5-6-9)12-13-7-3-2-4-8-13/h9-10,12H,2-8H2,1H3. The van der Waals surface area contributed by atoms with Crippen LogP contribution in [0.25, 0.3) is 0 Å². The first-order chi connectivity index (χ1) is 7.31. The Balaban J connectivity index is 1.84. The van der Waals surface area contributed by atoms with Crippen LogP contribution in [0, 0.1) is 5.92 Å². The first kappa shape index (κ1) is 10.9. The van der Waals surface area contributed by atoms with Crippen molar-refractivity contribution in [2.24, 2.45) is 5.92 Å². The van der Waals surface area contributed by atoms with E-state index < -0.39 is 0 Å². The molecular weight excluding hydrogens is 192 g/mol. The largest absolute Gasteiger partial charge is 0.468 e. The first-order valence-corrected chi connectivity index (χ1v) is 5.90. The van der Waals surface area contributed by atoms with Gasteiger partial charge in [-0.15, -0.1) is 0 Å². The van der Waals surface area contributed by atoms with Crippen LogP contribution in [0.3, 0.4) is 0 Å². The monoisotopic (exact) mass is 212 g/mol. The molecule has 4 nitrogen and oxygen atoms in total. The van der Waals surface area contributed by atoms with Crippen LogP contribution in [0.4, 0.5) is 0 Å². The van der Waals surface area contributed by atoms with Crippen molar-refractivity contribution in [1.82, 2.24) is 10.4 Å². The molecular formula is C11H20N2O2. The van der Waals surface area contributed by atoms with Crippen molar-refractivity contribution in [2.45, 2.75) is 38.1 Å². The van der Waals surface area contributed by atoms with Gasteiger partial charge in [-0.05, 0) is 31.6 Å². The summed E-state index contributed by atoms with van der Waals surface area (Å²) in [6.07, 6.45) is 6.07. The lowest BCUT2D eigenvalue weighted by molar-refractivity contribution is -0.145. The van der Waals surface area contributed by atoms with Gasteiger partial charge in [0.25, 0.3) is 0 Å². The molecule has 2 fully saturated rings. The quantitative estimate of drug-likeness (QED) is 0.704. The lowest BCUT2D eigenvalue weighted by Gasteiger charge is -2.30. The van der Waals surface area contributed by atoms with Gasteiger partial charge < -0.3 is 4.74 Å². The Hall–Kier alpha value is -0.610. The van der Waals surface area contributed by atoms with Crippen molar-refractivity contribution < 1.29 is 9.53 Å². The Morgan fingerprint density at radius 1 is 1.33 bits per heavy atom. The Kier molecular flexibility index (Phi) is 3.59. The van der Waals surface area contributed by atoms with E-state index in [0.29, 0.717) is 5.92 Å². The van der Waals surface area contributed by atoms with Gasteiger partial charge in [0, 0.05) is 13.1 Å². The normalized spacial score (nSPS) is 24.9. The zero-order chi connectivity index (χ0) is 10.7. The maximum absolute atomic E-state index is 11.6. The van der Waals surface area contributed by atoms with E-state index in [1.165, 1.54) is 26.4 Å². The summed E-state index contributed by atoms with van der Waals surface area (Å²) in [7, 11) is 1.47. The molecule has 1 aliphatic carbocycles. The maximum Gasteiger partial charge on any atom is 0.324 e. The van der Waals surface area contributed by atoms with Crippen LogP contribution in [-0.2, 0) is 9.53 Å². The van der Waals surface area contributed by atoms with Gasteiger partial charge in [0.15, 0.2) is 0 Å². The van der Waals surface area contributed by atoms with Gasteiger partial charge in [0.2, 0.25) is 0 Å². The van der Waals surface area contributed by atoms with Gasteiger partial charge in [-0.3, -0.25) is 4.79 Å². The third-order valence-corrected chi connectivity index (χ3v) is 3.23. The average Bonchev–Trinajstić information content (AvgIpc) is 3.10. The topological polar surface area (TPSA) is 41.6 Å². The summed E-state index contributed by atoms with van der Waals surface area (Å²) in [6, 6.07) is -0.104. The second-order valence-corrected chi connectivity index (χ2v) is 4.52. The summed E-state index contributed by atoms with van der Waals surface area (Å²) in [5.41, 5.74) is 3.33. The van der Waals surface area contributed by atoms with E-state index in [2.05, 4.69) is 10.4 Å². The Morgan fingerprint density at radius 3 is 2.53 bits per heavy atom. The molecule has 2 aliphatic rings. The lowest BCUT2D eigenvalue weighted by atomic mass is 10.1. The van der Waals surface area contributed by atoms with Crippen molar-refractivity contribution in [3.8, 4) is 0 Å². The van der Waals surface area contributed by atoms with Crippen LogP contribution < -0.4 is 5.43 Å². The lowest BCUT2D eigenvalue weighted by Crippen LogP contribution is -2.51. The fourth-order valence-corrected chi connectivity index (χ4v) is 2.13. The number of methoxy groups -OCH3 is 1. The molecule has 1 atom stereocenters. The van der Waals surface area contributed by atoms with Gasteiger partial charge >= 0.3 is 5.97 Å². The zero-order valence-electron chi connectivity index (χ0n) is 9.37. The van der Waals surface area contributed by atoms with E-state index in [0.717, 1.165) is 25.9 Å². The molecule has 0 spiro atoms. The number of rotatable bonds is 4.